The van der Waals surface area contributed by atoms with Gasteiger partial charge in [0.2, 0.25) is 0 Å². The van der Waals surface area contributed by atoms with Gasteiger partial charge in [0, 0.05) is 49.8 Å². The lowest BCUT2D eigenvalue weighted by molar-refractivity contribution is 0.00864. The lowest BCUT2D eigenvalue weighted by Gasteiger charge is -2.15. The number of H-pyrrole nitrogens is 1. The fraction of sp³-hybridized carbons (Fsp3) is 0.348. The van der Waals surface area contributed by atoms with E-state index in [1.807, 2.05) is 37.4 Å². The number of hydrogen-bond acceptors (Lipinski definition) is 4. The van der Waals surface area contributed by atoms with Gasteiger partial charge in [-0.3, -0.25) is 4.90 Å². The van der Waals surface area contributed by atoms with Crippen LogP contribution in [0.25, 0.3) is 21.9 Å². The minimum atomic E-state index is -1.01. The van der Waals surface area contributed by atoms with Crippen LogP contribution < -0.4 is 4.74 Å². The van der Waals surface area contributed by atoms with Crippen molar-refractivity contribution in [2.24, 2.45) is 7.05 Å². The minimum Gasteiger partial charge on any atom is -0.497 e. The maximum Gasteiger partial charge on any atom is 0.140 e. The lowest BCUT2D eigenvalue weighted by Crippen LogP contribution is -2.24. The number of ether oxygens (including phenoxy) is 2. The standard InChI is InChI=1S/C23H25FN4O2/c1-27-10-15(17-5-3-4-6-21(17)27)11-28-12-18(24)22(13-28)30-14-23-25-19-8-7-16(29-2)9-20(19)26-23/h3-10,18,22H,11-14H2,1-2H3,(H,25,26). The van der Waals surface area contributed by atoms with Crippen molar-refractivity contribution < 1.29 is 13.9 Å². The van der Waals surface area contributed by atoms with E-state index in [9.17, 15) is 4.39 Å². The minimum absolute atomic E-state index is 0.254. The zero-order valence-corrected chi connectivity index (χ0v) is 17.1. The number of halogens is 1. The Balaban J connectivity index is 1.23. The summed E-state index contributed by atoms with van der Waals surface area (Å²) in [7, 11) is 3.68. The molecule has 4 aromatic rings. The molecule has 1 aliphatic rings. The number of aromatic amines is 1. The third-order valence-electron chi connectivity index (χ3n) is 5.82. The molecular weight excluding hydrogens is 383 g/mol. The highest BCUT2D eigenvalue weighted by atomic mass is 19.1. The summed E-state index contributed by atoms with van der Waals surface area (Å²) in [6, 6.07) is 14.0. The third-order valence-corrected chi connectivity index (χ3v) is 5.82. The normalized spacial score (nSPS) is 19.8. The summed E-state index contributed by atoms with van der Waals surface area (Å²) in [4.78, 5) is 9.88. The summed E-state index contributed by atoms with van der Waals surface area (Å²) in [5.74, 6) is 1.46. The van der Waals surface area contributed by atoms with Crippen LogP contribution in [0, 0.1) is 0 Å². The Hall–Kier alpha value is -2.90. The Kier molecular flexibility index (Phi) is 4.92. The van der Waals surface area contributed by atoms with Gasteiger partial charge in [0.15, 0.2) is 0 Å². The second kappa shape index (κ2) is 7.74. The van der Waals surface area contributed by atoms with Gasteiger partial charge in [0.25, 0.3) is 0 Å². The fourth-order valence-corrected chi connectivity index (χ4v) is 4.31. The van der Waals surface area contributed by atoms with Crippen molar-refractivity contribution in [3.8, 4) is 5.75 Å². The second-order valence-electron chi connectivity index (χ2n) is 7.91. The van der Waals surface area contributed by atoms with E-state index >= 15 is 0 Å². The highest BCUT2D eigenvalue weighted by Gasteiger charge is 2.34. The molecule has 2 aromatic heterocycles. The van der Waals surface area contributed by atoms with Crippen LogP contribution in [0.1, 0.15) is 11.4 Å². The van der Waals surface area contributed by atoms with Crippen molar-refractivity contribution in [2.45, 2.75) is 25.4 Å². The first-order valence-corrected chi connectivity index (χ1v) is 10.1. The number of nitrogens with zero attached hydrogens (tertiary/aromatic N) is 3. The highest BCUT2D eigenvalue weighted by molar-refractivity contribution is 5.83. The molecule has 0 spiro atoms. The van der Waals surface area contributed by atoms with Gasteiger partial charge >= 0.3 is 0 Å². The Labute approximate surface area is 174 Å². The van der Waals surface area contributed by atoms with Crippen LogP contribution in [0.2, 0.25) is 0 Å². The summed E-state index contributed by atoms with van der Waals surface area (Å²) >= 11 is 0. The van der Waals surface area contributed by atoms with E-state index in [-0.39, 0.29) is 6.61 Å². The summed E-state index contributed by atoms with van der Waals surface area (Å²) in [5.41, 5.74) is 4.13. The molecule has 1 fully saturated rings. The Morgan fingerprint density at radius 2 is 2.07 bits per heavy atom. The number of imidazole rings is 1. The number of methoxy groups -OCH3 is 1. The van der Waals surface area contributed by atoms with E-state index in [1.54, 1.807) is 7.11 Å². The molecule has 6 nitrogen and oxygen atoms in total. The van der Waals surface area contributed by atoms with E-state index in [0.29, 0.717) is 25.5 Å². The van der Waals surface area contributed by atoms with E-state index in [0.717, 1.165) is 16.8 Å². The SMILES string of the molecule is COc1ccc2nc(COC3CN(Cc4cn(C)c5ccccc45)CC3F)[nH]c2c1. The smallest absolute Gasteiger partial charge is 0.140 e. The van der Waals surface area contributed by atoms with E-state index in [2.05, 4.69) is 37.8 Å². The van der Waals surface area contributed by atoms with Gasteiger partial charge in [-0.15, -0.1) is 0 Å². The van der Waals surface area contributed by atoms with Crippen LogP contribution in [0.4, 0.5) is 4.39 Å². The Morgan fingerprint density at radius 3 is 2.93 bits per heavy atom. The quantitative estimate of drug-likeness (QED) is 0.527. The molecular formula is C23H25FN4O2. The maximum atomic E-state index is 14.6. The summed E-state index contributed by atoms with van der Waals surface area (Å²) in [5, 5.41) is 1.22. The summed E-state index contributed by atoms with van der Waals surface area (Å²) < 4.78 is 27.9. The zero-order chi connectivity index (χ0) is 20.7. The van der Waals surface area contributed by atoms with Crippen LogP contribution >= 0.6 is 0 Å². The van der Waals surface area contributed by atoms with Crippen molar-refractivity contribution in [1.82, 2.24) is 19.4 Å². The molecule has 156 valence electrons. The van der Waals surface area contributed by atoms with E-state index in [1.165, 1.54) is 16.5 Å². The molecule has 1 N–H and O–H groups in total. The molecule has 7 heteroatoms. The molecule has 30 heavy (non-hydrogen) atoms. The second-order valence-corrected chi connectivity index (χ2v) is 7.91. The van der Waals surface area contributed by atoms with Crippen LogP contribution in [0.5, 0.6) is 5.75 Å². The van der Waals surface area contributed by atoms with Crippen LogP contribution in [-0.4, -0.2) is 51.9 Å². The van der Waals surface area contributed by atoms with E-state index in [4.69, 9.17) is 9.47 Å². The van der Waals surface area contributed by atoms with Gasteiger partial charge in [0.05, 0.1) is 18.1 Å². The van der Waals surface area contributed by atoms with Gasteiger partial charge in [-0.25, -0.2) is 9.37 Å². The molecule has 2 unspecified atom stereocenters. The molecule has 2 aromatic carbocycles. The maximum absolute atomic E-state index is 14.6. The first-order chi connectivity index (χ1) is 14.6. The van der Waals surface area contributed by atoms with Crippen LogP contribution in [-0.2, 0) is 24.9 Å². The summed E-state index contributed by atoms with van der Waals surface area (Å²) in [6.07, 6.45) is 0.668. The average molecular weight is 408 g/mol. The predicted molar refractivity (Wildman–Crippen MR) is 114 cm³/mol. The molecule has 2 atom stereocenters. The van der Waals surface area contributed by atoms with Gasteiger partial charge in [-0.2, -0.15) is 0 Å². The number of hydrogen-bond donors (Lipinski definition) is 1. The predicted octanol–water partition coefficient (Wildman–Crippen LogP) is 3.80. The molecule has 0 radical (unpaired) electrons. The lowest BCUT2D eigenvalue weighted by atomic mass is 10.1. The molecule has 1 aliphatic heterocycles. The number of alkyl halides is 1. The topological polar surface area (TPSA) is 55.3 Å². The number of nitrogens with one attached hydrogen (secondary N) is 1. The number of aromatic nitrogens is 3. The number of para-hydroxylation sites is 1. The van der Waals surface area contributed by atoms with Crippen LogP contribution in [0.15, 0.2) is 48.7 Å². The highest BCUT2D eigenvalue weighted by Crippen LogP contribution is 2.26. The average Bonchev–Trinajstić information content (AvgIpc) is 3.41. The Morgan fingerprint density at radius 1 is 1.20 bits per heavy atom. The van der Waals surface area contributed by atoms with Gasteiger partial charge < -0.3 is 19.0 Å². The fourth-order valence-electron chi connectivity index (χ4n) is 4.31. The number of fused-ring (bicyclic) bond motifs is 2. The first kappa shape index (κ1) is 19.1. The molecule has 0 amide bonds. The molecule has 0 saturated carbocycles. The molecule has 0 aliphatic carbocycles. The van der Waals surface area contributed by atoms with Gasteiger partial charge in [-0.05, 0) is 23.8 Å². The van der Waals surface area contributed by atoms with E-state index < -0.39 is 12.3 Å². The van der Waals surface area contributed by atoms with Crippen molar-refractivity contribution in [3.05, 3.63) is 60.0 Å². The van der Waals surface area contributed by atoms with Crippen molar-refractivity contribution >= 4 is 21.9 Å². The molecule has 1 saturated heterocycles. The Bertz CT molecular complexity index is 1180. The van der Waals surface area contributed by atoms with Crippen LogP contribution in [0.3, 0.4) is 0 Å². The van der Waals surface area contributed by atoms with Gasteiger partial charge in [0.1, 0.15) is 30.5 Å². The monoisotopic (exact) mass is 408 g/mol. The zero-order valence-electron chi connectivity index (χ0n) is 17.1. The summed E-state index contributed by atoms with van der Waals surface area (Å²) in [6.45, 7) is 1.92. The third kappa shape index (κ3) is 3.55. The van der Waals surface area contributed by atoms with Crippen molar-refractivity contribution in [2.75, 3.05) is 20.2 Å². The molecule has 3 heterocycles. The largest absolute Gasteiger partial charge is 0.497 e. The van der Waals surface area contributed by atoms with Crippen molar-refractivity contribution in [1.29, 1.82) is 0 Å². The first-order valence-electron chi connectivity index (χ1n) is 10.1. The number of aryl methyl sites for hydroxylation is 1. The molecule has 5 rings (SSSR count). The molecule has 0 bridgehead atoms. The van der Waals surface area contributed by atoms with Crippen molar-refractivity contribution in [3.63, 3.8) is 0 Å². The number of benzene rings is 2. The number of rotatable bonds is 6. The van der Waals surface area contributed by atoms with Gasteiger partial charge in [-0.1, -0.05) is 18.2 Å². The number of likely N-dealkylation sites (tertiary alicyclic amines) is 1.